The van der Waals surface area contributed by atoms with E-state index in [1.54, 1.807) is 7.11 Å². The van der Waals surface area contributed by atoms with E-state index in [1.165, 1.54) is 0 Å². The Morgan fingerprint density at radius 1 is 1.12 bits per heavy atom. The van der Waals surface area contributed by atoms with E-state index in [4.69, 9.17) is 9.72 Å². The number of hydrogen-bond donors (Lipinski definition) is 1. The van der Waals surface area contributed by atoms with Crippen LogP contribution in [0.5, 0.6) is 5.75 Å². The van der Waals surface area contributed by atoms with Crippen molar-refractivity contribution in [2.75, 3.05) is 20.2 Å². The first kappa shape index (κ1) is 21.8. The Balaban J connectivity index is 1.63. The van der Waals surface area contributed by atoms with Crippen molar-refractivity contribution < 1.29 is 14.3 Å². The maximum atomic E-state index is 13.2. The molecule has 1 aliphatic heterocycles. The number of benzene rings is 2. The molecule has 0 bridgehead atoms. The molecule has 32 heavy (non-hydrogen) atoms. The molecular formula is C26H29N3O3. The fraction of sp³-hybridized carbons (Fsp3) is 0.346. The smallest absolute Gasteiger partial charge is 0.257 e. The molecule has 3 aromatic rings. The zero-order valence-corrected chi connectivity index (χ0v) is 19.0. The zero-order chi connectivity index (χ0) is 22.8. The highest BCUT2D eigenvalue weighted by Gasteiger charge is 2.31. The van der Waals surface area contributed by atoms with Crippen LogP contribution in [0.1, 0.15) is 58.2 Å². The number of carbonyl (C=O) groups is 2. The summed E-state index contributed by atoms with van der Waals surface area (Å²) in [5.74, 6) is 0.560. The summed E-state index contributed by atoms with van der Waals surface area (Å²) in [6.07, 6.45) is 0.802. The number of likely N-dealkylation sites (tertiary alicyclic amines) is 1. The van der Waals surface area contributed by atoms with Crippen molar-refractivity contribution in [3.05, 3.63) is 70.9 Å². The SMILES string of the molecule is COc1c(C)cccc1C(=O)N1CC[C@@H](c2cc(C(=O)NC(C)C)c3ccccc3n2)C1. The van der Waals surface area contributed by atoms with Gasteiger partial charge in [-0.1, -0.05) is 30.3 Å². The Morgan fingerprint density at radius 3 is 2.66 bits per heavy atom. The lowest BCUT2D eigenvalue weighted by Crippen LogP contribution is -2.30. The summed E-state index contributed by atoms with van der Waals surface area (Å²) in [4.78, 5) is 32.8. The molecule has 6 nitrogen and oxygen atoms in total. The van der Waals surface area contributed by atoms with Crippen LogP contribution in [0.3, 0.4) is 0 Å². The summed E-state index contributed by atoms with van der Waals surface area (Å²) in [6.45, 7) is 7.03. The first-order chi connectivity index (χ1) is 15.4. The lowest BCUT2D eigenvalue weighted by atomic mass is 9.99. The third-order valence-electron chi connectivity index (χ3n) is 5.94. The summed E-state index contributed by atoms with van der Waals surface area (Å²) >= 11 is 0. The number of ether oxygens (including phenoxy) is 1. The molecule has 0 spiro atoms. The Labute approximate surface area is 188 Å². The molecule has 2 heterocycles. The van der Waals surface area contributed by atoms with Crippen molar-refractivity contribution >= 4 is 22.7 Å². The van der Waals surface area contributed by atoms with Crippen molar-refractivity contribution in [3.63, 3.8) is 0 Å². The second kappa shape index (κ2) is 8.99. The third kappa shape index (κ3) is 4.17. The van der Waals surface area contributed by atoms with Gasteiger partial charge in [0.05, 0.1) is 23.8 Å². The number of fused-ring (bicyclic) bond motifs is 1. The maximum absolute atomic E-state index is 13.2. The molecule has 1 fully saturated rings. The highest BCUT2D eigenvalue weighted by atomic mass is 16.5. The monoisotopic (exact) mass is 431 g/mol. The minimum absolute atomic E-state index is 0.0355. The second-order valence-electron chi connectivity index (χ2n) is 8.63. The van der Waals surface area contributed by atoms with Gasteiger partial charge in [0.15, 0.2) is 0 Å². The fourth-order valence-corrected chi connectivity index (χ4v) is 4.38. The predicted molar refractivity (Wildman–Crippen MR) is 125 cm³/mol. The van der Waals surface area contributed by atoms with E-state index in [1.807, 2.05) is 74.2 Å². The number of amides is 2. The van der Waals surface area contributed by atoms with Gasteiger partial charge in [0.2, 0.25) is 0 Å². The summed E-state index contributed by atoms with van der Waals surface area (Å²) in [5.41, 5.74) is 3.79. The fourth-order valence-electron chi connectivity index (χ4n) is 4.38. The van der Waals surface area contributed by atoms with E-state index >= 15 is 0 Å². The quantitative estimate of drug-likeness (QED) is 0.653. The van der Waals surface area contributed by atoms with Crippen LogP contribution in [0.15, 0.2) is 48.5 Å². The molecule has 0 radical (unpaired) electrons. The van der Waals surface area contributed by atoms with Crippen LogP contribution >= 0.6 is 0 Å². The molecule has 1 aliphatic rings. The van der Waals surface area contributed by atoms with Gasteiger partial charge in [-0.05, 0) is 51.0 Å². The molecule has 1 atom stereocenters. The van der Waals surface area contributed by atoms with Crippen LogP contribution in [0.2, 0.25) is 0 Å². The molecule has 166 valence electrons. The number of aromatic nitrogens is 1. The highest BCUT2D eigenvalue weighted by Crippen LogP contribution is 2.32. The first-order valence-corrected chi connectivity index (χ1v) is 11.0. The lowest BCUT2D eigenvalue weighted by Gasteiger charge is -2.19. The van der Waals surface area contributed by atoms with E-state index in [2.05, 4.69) is 5.32 Å². The maximum Gasteiger partial charge on any atom is 0.257 e. The van der Waals surface area contributed by atoms with Gasteiger partial charge in [0, 0.05) is 36.1 Å². The summed E-state index contributed by atoms with van der Waals surface area (Å²) in [5, 5.41) is 3.83. The van der Waals surface area contributed by atoms with Crippen LogP contribution in [0.4, 0.5) is 0 Å². The molecule has 1 saturated heterocycles. The number of rotatable bonds is 5. The largest absolute Gasteiger partial charge is 0.496 e. The van der Waals surface area contributed by atoms with Gasteiger partial charge >= 0.3 is 0 Å². The average molecular weight is 432 g/mol. The van der Waals surface area contributed by atoms with Crippen LogP contribution in [0, 0.1) is 6.92 Å². The Kier molecular flexibility index (Phi) is 6.12. The summed E-state index contributed by atoms with van der Waals surface area (Å²) < 4.78 is 5.49. The van der Waals surface area contributed by atoms with Crippen LogP contribution in [-0.4, -0.2) is 47.9 Å². The normalized spacial score (nSPS) is 15.9. The van der Waals surface area contributed by atoms with Gasteiger partial charge < -0.3 is 15.0 Å². The molecule has 0 unspecified atom stereocenters. The van der Waals surface area contributed by atoms with E-state index in [9.17, 15) is 9.59 Å². The average Bonchev–Trinajstić information content (AvgIpc) is 3.27. The molecule has 2 aromatic carbocycles. The molecule has 2 amide bonds. The van der Waals surface area contributed by atoms with E-state index in [-0.39, 0.29) is 23.8 Å². The van der Waals surface area contributed by atoms with Gasteiger partial charge in [-0.2, -0.15) is 0 Å². The van der Waals surface area contributed by atoms with Gasteiger partial charge in [-0.15, -0.1) is 0 Å². The molecule has 4 rings (SSSR count). The summed E-state index contributed by atoms with van der Waals surface area (Å²) in [7, 11) is 1.59. The second-order valence-corrected chi connectivity index (χ2v) is 8.63. The highest BCUT2D eigenvalue weighted by molar-refractivity contribution is 6.06. The molecular weight excluding hydrogens is 402 g/mol. The zero-order valence-electron chi connectivity index (χ0n) is 19.0. The number of nitrogens with zero attached hydrogens (tertiary/aromatic N) is 2. The number of aryl methyl sites for hydroxylation is 1. The lowest BCUT2D eigenvalue weighted by molar-refractivity contribution is 0.0786. The number of hydrogen-bond acceptors (Lipinski definition) is 4. The number of carbonyl (C=O) groups excluding carboxylic acids is 2. The standard InChI is InChI=1S/C26H29N3O3/c1-16(2)27-25(30)21-14-23(28-22-11-6-5-9-19(21)22)18-12-13-29(15-18)26(31)20-10-7-8-17(3)24(20)32-4/h5-11,14,16,18H,12-13,15H2,1-4H3,(H,27,30)/t18-/m1/s1. The number of pyridine rings is 1. The Hall–Kier alpha value is -3.41. The van der Waals surface area contributed by atoms with Crippen molar-refractivity contribution in [3.8, 4) is 5.75 Å². The van der Waals surface area contributed by atoms with Crippen molar-refractivity contribution in [1.82, 2.24) is 15.2 Å². The molecule has 6 heteroatoms. The van der Waals surface area contributed by atoms with Crippen molar-refractivity contribution in [2.24, 2.45) is 0 Å². The van der Waals surface area contributed by atoms with Gasteiger partial charge in [0.1, 0.15) is 5.75 Å². The van der Waals surface area contributed by atoms with Crippen LogP contribution < -0.4 is 10.1 Å². The van der Waals surface area contributed by atoms with Gasteiger partial charge in [-0.3, -0.25) is 14.6 Å². The molecule has 1 N–H and O–H groups in total. The Morgan fingerprint density at radius 2 is 1.91 bits per heavy atom. The minimum atomic E-state index is -0.102. The predicted octanol–water partition coefficient (Wildman–Crippen LogP) is 4.32. The van der Waals surface area contributed by atoms with Crippen LogP contribution in [-0.2, 0) is 0 Å². The Bertz CT molecular complexity index is 1170. The van der Waals surface area contributed by atoms with Crippen molar-refractivity contribution in [1.29, 1.82) is 0 Å². The number of nitrogens with one attached hydrogen (secondary N) is 1. The van der Waals surface area contributed by atoms with E-state index in [0.29, 0.717) is 30.0 Å². The van der Waals surface area contributed by atoms with Crippen molar-refractivity contribution in [2.45, 2.75) is 39.2 Å². The molecule has 0 aliphatic carbocycles. The molecule has 1 aromatic heterocycles. The number of para-hydroxylation sites is 2. The van der Waals surface area contributed by atoms with E-state index in [0.717, 1.165) is 28.6 Å². The minimum Gasteiger partial charge on any atom is -0.496 e. The van der Waals surface area contributed by atoms with Gasteiger partial charge in [0.25, 0.3) is 11.8 Å². The number of methoxy groups -OCH3 is 1. The molecule has 0 saturated carbocycles. The summed E-state index contributed by atoms with van der Waals surface area (Å²) in [6, 6.07) is 15.3. The topological polar surface area (TPSA) is 71.5 Å². The van der Waals surface area contributed by atoms with Gasteiger partial charge in [-0.25, -0.2) is 0 Å². The third-order valence-corrected chi connectivity index (χ3v) is 5.94. The first-order valence-electron chi connectivity index (χ1n) is 11.0. The van der Waals surface area contributed by atoms with Crippen LogP contribution in [0.25, 0.3) is 10.9 Å². The van der Waals surface area contributed by atoms with E-state index < -0.39 is 0 Å².